The van der Waals surface area contributed by atoms with Gasteiger partial charge in [0.05, 0.1) is 17.1 Å². The molecule has 0 bridgehead atoms. The second-order valence-corrected chi connectivity index (χ2v) is 7.43. The summed E-state index contributed by atoms with van der Waals surface area (Å²) in [4.78, 5) is 17.4. The van der Waals surface area contributed by atoms with Crippen LogP contribution in [0.25, 0.3) is 16.4 Å². The van der Waals surface area contributed by atoms with Crippen LogP contribution < -0.4 is 5.56 Å². The molecule has 0 aliphatic heterocycles. The number of thiazole rings is 1. The zero-order valence-electron chi connectivity index (χ0n) is 15.8. The van der Waals surface area contributed by atoms with Gasteiger partial charge < -0.3 is 0 Å². The highest BCUT2D eigenvalue weighted by atomic mass is 32.1. The third kappa shape index (κ3) is 3.44. The van der Waals surface area contributed by atoms with Crippen LogP contribution in [0.4, 0.5) is 11.4 Å². The molecule has 1 N–H and O–H groups in total. The van der Waals surface area contributed by atoms with Crippen molar-refractivity contribution in [3.8, 4) is 16.4 Å². The number of rotatable bonds is 4. The molecule has 6 nitrogen and oxygen atoms in total. The number of azo groups is 1. The third-order valence-electron chi connectivity index (χ3n) is 4.44. The van der Waals surface area contributed by atoms with Crippen LogP contribution in [0.15, 0.2) is 68.9 Å². The molecular formula is C21H19N5OS. The Bertz CT molecular complexity index is 1210. The van der Waals surface area contributed by atoms with Gasteiger partial charge in [-0.25, -0.2) is 4.98 Å². The number of H-pyrrole nitrogens is 1. The van der Waals surface area contributed by atoms with E-state index in [1.54, 1.807) is 6.92 Å². The average Bonchev–Trinajstić information content (AvgIpc) is 3.27. The molecule has 28 heavy (non-hydrogen) atoms. The maximum atomic E-state index is 12.8. The first-order chi connectivity index (χ1) is 13.5. The van der Waals surface area contributed by atoms with E-state index < -0.39 is 0 Å². The highest BCUT2D eigenvalue weighted by molar-refractivity contribution is 7.12. The monoisotopic (exact) mass is 389 g/mol. The molecule has 0 fully saturated rings. The molecule has 0 saturated heterocycles. The number of hydrogen-bond donors (Lipinski definition) is 1. The van der Waals surface area contributed by atoms with E-state index in [9.17, 15) is 4.79 Å². The summed E-state index contributed by atoms with van der Waals surface area (Å²) < 4.78 is 1.42. The highest BCUT2D eigenvalue weighted by Crippen LogP contribution is 2.25. The van der Waals surface area contributed by atoms with Gasteiger partial charge in [0.2, 0.25) is 5.13 Å². The van der Waals surface area contributed by atoms with Crippen LogP contribution in [-0.2, 0) is 0 Å². The largest absolute Gasteiger partial charge is 0.301 e. The van der Waals surface area contributed by atoms with Crippen molar-refractivity contribution in [2.45, 2.75) is 20.8 Å². The molecule has 0 aliphatic carbocycles. The number of nitrogens with one attached hydrogen (secondary N) is 1. The summed E-state index contributed by atoms with van der Waals surface area (Å²) in [6, 6.07) is 15.8. The molecule has 2 aromatic carbocycles. The van der Waals surface area contributed by atoms with Crippen LogP contribution in [0.1, 0.15) is 16.8 Å². The Morgan fingerprint density at radius 2 is 1.75 bits per heavy atom. The third-order valence-corrected chi connectivity index (χ3v) is 5.27. The lowest BCUT2D eigenvalue weighted by molar-refractivity contribution is 0.827. The minimum atomic E-state index is -0.264. The summed E-state index contributed by atoms with van der Waals surface area (Å²) in [5, 5.41) is 14.0. The number of aromatic nitrogens is 3. The first-order valence-electron chi connectivity index (χ1n) is 8.85. The van der Waals surface area contributed by atoms with Crippen molar-refractivity contribution in [1.29, 1.82) is 0 Å². The molecule has 2 aromatic heterocycles. The van der Waals surface area contributed by atoms with Crippen molar-refractivity contribution in [3.63, 3.8) is 0 Å². The van der Waals surface area contributed by atoms with Crippen molar-refractivity contribution in [3.05, 3.63) is 81.1 Å². The lowest BCUT2D eigenvalue weighted by Gasteiger charge is -1.97. The normalized spacial score (nSPS) is 11.4. The van der Waals surface area contributed by atoms with Crippen molar-refractivity contribution >= 4 is 22.7 Å². The fourth-order valence-electron chi connectivity index (χ4n) is 2.79. The summed E-state index contributed by atoms with van der Waals surface area (Å²) in [5.41, 5.74) is 5.46. The fourth-order valence-corrected chi connectivity index (χ4v) is 3.58. The van der Waals surface area contributed by atoms with Crippen LogP contribution in [0, 0.1) is 20.8 Å². The quantitative estimate of drug-likeness (QED) is 0.459. The number of nitrogens with zero attached hydrogens (tertiary/aromatic N) is 4. The number of aromatic amines is 1. The smallest absolute Gasteiger partial charge is 0.291 e. The Morgan fingerprint density at radius 1 is 1.00 bits per heavy atom. The molecule has 0 radical (unpaired) electrons. The van der Waals surface area contributed by atoms with Gasteiger partial charge in [0.25, 0.3) is 0 Å². The van der Waals surface area contributed by atoms with Crippen molar-refractivity contribution < 1.29 is 0 Å². The first-order valence-corrected chi connectivity index (χ1v) is 9.73. The van der Waals surface area contributed by atoms with E-state index >= 15 is 0 Å². The summed E-state index contributed by atoms with van der Waals surface area (Å²) in [6.07, 6.45) is 0. The predicted molar refractivity (Wildman–Crippen MR) is 112 cm³/mol. The van der Waals surface area contributed by atoms with Gasteiger partial charge in [-0.1, -0.05) is 48.0 Å². The second-order valence-electron chi connectivity index (χ2n) is 6.59. The van der Waals surface area contributed by atoms with Gasteiger partial charge in [0.1, 0.15) is 0 Å². The van der Waals surface area contributed by atoms with Gasteiger partial charge in [-0.3, -0.25) is 9.89 Å². The molecule has 2 heterocycles. The van der Waals surface area contributed by atoms with Gasteiger partial charge in [0, 0.05) is 10.9 Å². The lowest BCUT2D eigenvalue weighted by atomic mass is 10.1. The summed E-state index contributed by atoms with van der Waals surface area (Å²) in [5.74, 6) is 0. The molecule has 0 amide bonds. The summed E-state index contributed by atoms with van der Waals surface area (Å²) in [6.45, 7) is 5.81. The zero-order chi connectivity index (χ0) is 19.7. The Kier molecular flexibility index (Phi) is 4.75. The van der Waals surface area contributed by atoms with E-state index in [4.69, 9.17) is 0 Å². The molecule has 0 aliphatic rings. The van der Waals surface area contributed by atoms with Crippen LogP contribution in [-0.4, -0.2) is 14.8 Å². The summed E-state index contributed by atoms with van der Waals surface area (Å²) >= 11 is 1.40. The molecule has 4 aromatic rings. The minimum absolute atomic E-state index is 0.264. The molecule has 7 heteroatoms. The molecule has 0 spiro atoms. The fraction of sp³-hybridized carbons (Fsp3) is 0.143. The topological polar surface area (TPSA) is 75.4 Å². The maximum Gasteiger partial charge on any atom is 0.301 e. The lowest BCUT2D eigenvalue weighted by Crippen LogP contribution is -2.13. The van der Waals surface area contributed by atoms with Crippen LogP contribution in [0.5, 0.6) is 0 Å². The van der Waals surface area contributed by atoms with Gasteiger partial charge >= 0.3 is 5.56 Å². The van der Waals surface area contributed by atoms with Crippen molar-refractivity contribution in [2.75, 3.05) is 0 Å². The molecule has 4 rings (SSSR count). The zero-order valence-corrected chi connectivity index (χ0v) is 16.6. The van der Waals surface area contributed by atoms with Gasteiger partial charge in [-0.15, -0.1) is 16.5 Å². The van der Waals surface area contributed by atoms with E-state index in [2.05, 4.69) is 20.3 Å². The maximum absolute atomic E-state index is 12.8. The Hall–Kier alpha value is -3.32. The number of aryl methyl sites for hydroxylation is 3. The minimum Gasteiger partial charge on any atom is -0.291 e. The molecule has 0 saturated carbocycles. The predicted octanol–water partition coefficient (Wildman–Crippen LogP) is 5.63. The standard InChI is InChI=1S/C21H19N5OS/c1-13-8-10-16(11-9-13)18-12-28-21(22-18)26-20(27)19(15(3)25-26)24-23-17-7-5-4-6-14(17)2/h4-12,25H,1-3H3. The van der Waals surface area contributed by atoms with E-state index in [-0.39, 0.29) is 11.2 Å². The summed E-state index contributed by atoms with van der Waals surface area (Å²) in [7, 11) is 0. The van der Waals surface area contributed by atoms with E-state index in [1.165, 1.54) is 21.6 Å². The van der Waals surface area contributed by atoms with Gasteiger partial charge in [-0.05, 0) is 32.4 Å². The molecule has 0 unspecified atom stereocenters. The van der Waals surface area contributed by atoms with E-state index in [0.29, 0.717) is 10.8 Å². The highest BCUT2D eigenvalue weighted by Gasteiger charge is 2.15. The first kappa shape index (κ1) is 18.1. The van der Waals surface area contributed by atoms with E-state index in [1.807, 2.05) is 67.8 Å². The van der Waals surface area contributed by atoms with Crippen molar-refractivity contribution in [2.24, 2.45) is 10.2 Å². The second kappa shape index (κ2) is 7.36. The Morgan fingerprint density at radius 3 is 2.50 bits per heavy atom. The van der Waals surface area contributed by atoms with Crippen LogP contribution >= 0.6 is 11.3 Å². The van der Waals surface area contributed by atoms with Gasteiger partial charge in [-0.2, -0.15) is 9.80 Å². The van der Waals surface area contributed by atoms with Crippen LogP contribution in [0.2, 0.25) is 0 Å². The van der Waals surface area contributed by atoms with Crippen LogP contribution in [0.3, 0.4) is 0 Å². The molecule has 140 valence electrons. The Balaban J connectivity index is 1.67. The van der Waals surface area contributed by atoms with Gasteiger partial charge in [0.15, 0.2) is 5.69 Å². The molecule has 0 atom stereocenters. The van der Waals surface area contributed by atoms with E-state index in [0.717, 1.165) is 22.5 Å². The van der Waals surface area contributed by atoms with Crippen molar-refractivity contribution in [1.82, 2.24) is 14.8 Å². The number of hydrogen-bond acceptors (Lipinski definition) is 5. The molecular weight excluding hydrogens is 370 g/mol. The SMILES string of the molecule is Cc1ccc(-c2csc(-n3[nH]c(C)c(N=Nc4ccccc4C)c3=O)n2)cc1. The number of benzene rings is 2. The Labute approximate surface area is 166 Å². The average molecular weight is 389 g/mol.